The molecule has 0 spiro atoms. The normalized spacial score (nSPS) is 24.0. The highest BCUT2D eigenvalue weighted by molar-refractivity contribution is 7.89. The predicted octanol–water partition coefficient (Wildman–Crippen LogP) is -0.0744. The Bertz CT molecular complexity index is 498. The fourth-order valence-corrected chi connectivity index (χ4v) is 4.29. The van der Waals surface area contributed by atoms with Gasteiger partial charge in [0.15, 0.2) is 0 Å². The molecule has 2 aliphatic rings. The molecule has 2 N–H and O–H groups in total. The Labute approximate surface area is 118 Å². The van der Waals surface area contributed by atoms with Crippen molar-refractivity contribution in [1.82, 2.24) is 9.62 Å². The summed E-state index contributed by atoms with van der Waals surface area (Å²) in [5, 5.41) is 11.6. The van der Waals surface area contributed by atoms with E-state index in [9.17, 15) is 18.0 Å². The van der Waals surface area contributed by atoms with Gasteiger partial charge in [-0.3, -0.25) is 9.59 Å². The molecule has 1 saturated carbocycles. The second-order valence-electron chi connectivity index (χ2n) is 5.57. The van der Waals surface area contributed by atoms with Crippen molar-refractivity contribution in [3.05, 3.63) is 0 Å². The molecule has 1 amide bonds. The first kappa shape index (κ1) is 15.2. The summed E-state index contributed by atoms with van der Waals surface area (Å²) in [7, 11) is -3.18. The van der Waals surface area contributed by atoms with Gasteiger partial charge in [0.25, 0.3) is 0 Å². The molecular weight excluding hydrogens is 284 g/mol. The van der Waals surface area contributed by atoms with Crippen LogP contribution in [0.4, 0.5) is 0 Å². The van der Waals surface area contributed by atoms with Gasteiger partial charge in [-0.25, -0.2) is 12.7 Å². The molecule has 0 radical (unpaired) electrons. The van der Waals surface area contributed by atoms with E-state index in [-0.39, 0.29) is 31.0 Å². The Morgan fingerprint density at radius 3 is 2.40 bits per heavy atom. The molecule has 1 saturated heterocycles. The van der Waals surface area contributed by atoms with Crippen molar-refractivity contribution in [2.75, 3.05) is 18.8 Å². The van der Waals surface area contributed by atoms with Crippen molar-refractivity contribution in [2.45, 2.75) is 44.1 Å². The van der Waals surface area contributed by atoms with E-state index in [0.717, 1.165) is 6.42 Å². The van der Waals surface area contributed by atoms with E-state index < -0.39 is 21.5 Å². The maximum absolute atomic E-state index is 11.9. The standard InChI is InChI=1S/C12H20N2O5S/c15-10(3-7-14-6-2-8-20(14,18)19)13-12(4-1-5-12)9-11(16)17/h1-9H2,(H,13,15)(H,16,17). The Balaban J connectivity index is 1.82. The highest BCUT2D eigenvalue weighted by Crippen LogP contribution is 2.35. The number of sulfonamides is 1. The number of carboxylic acid groups (broad SMARTS) is 1. The summed E-state index contributed by atoms with van der Waals surface area (Å²) >= 11 is 0. The number of aliphatic carboxylic acids is 1. The molecule has 0 bridgehead atoms. The van der Waals surface area contributed by atoms with Crippen molar-refractivity contribution >= 4 is 21.9 Å². The molecule has 1 aliphatic heterocycles. The van der Waals surface area contributed by atoms with Gasteiger partial charge in [-0.15, -0.1) is 0 Å². The molecule has 2 rings (SSSR count). The molecule has 1 heterocycles. The van der Waals surface area contributed by atoms with Crippen LogP contribution in [0.15, 0.2) is 0 Å². The van der Waals surface area contributed by atoms with Crippen LogP contribution in [-0.2, 0) is 19.6 Å². The molecule has 1 aliphatic carbocycles. The van der Waals surface area contributed by atoms with Gasteiger partial charge in [-0.2, -0.15) is 0 Å². The summed E-state index contributed by atoms with van der Waals surface area (Å²) in [4.78, 5) is 22.7. The lowest BCUT2D eigenvalue weighted by Crippen LogP contribution is -2.55. The van der Waals surface area contributed by atoms with Gasteiger partial charge in [0.2, 0.25) is 15.9 Å². The molecule has 20 heavy (non-hydrogen) atoms. The molecule has 7 nitrogen and oxygen atoms in total. The molecule has 0 unspecified atom stereocenters. The van der Waals surface area contributed by atoms with Crippen LogP contribution >= 0.6 is 0 Å². The van der Waals surface area contributed by atoms with Crippen molar-refractivity contribution in [1.29, 1.82) is 0 Å². The highest BCUT2D eigenvalue weighted by atomic mass is 32.2. The fourth-order valence-electron chi connectivity index (χ4n) is 2.77. The number of amides is 1. The average molecular weight is 304 g/mol. The number of hydrogen-bond acceptors (Lipinski definition) is 4. The molecule has 2 fully saturated rings. The predicted molar refractivity (Wildman–Crippen MR) is 71.6 cm³/mol. The number of nitrogens with one attached hydrogen (secondary N) is 1. The van der Waals surface area contributed by atoms with Crippen LogP contribution < -0.4 is 5.32 Å². The molecule has 8 heteroatoms. The largest absolute Gasteiger partial charge is 0.481 e. The molecule has 114 valence electrons. The third-order valence-electron chi connectivity index (χ3n) is 4.00. The smallest absolute Gasteiger partial charge is 0.305 e. The van der Waals surface area contributed by atoms with Crippen LogP contribution in [0, 0.1) is 0 Å². The Morgan fingerprint density at radius 1 is 1.25 bits per heavy atom. The van der Waals surface area contributed by atoms with Crippen molar-refractivity contribution < 1.29 is 23.1 Å². The van der Waals surface area contributed by atoms with E-state index in [1.807, 2.05) is 0 Å². The topological polar surface area (TPSA) is 104 Å². The van der Waals surface area contributed by atoms with Gasteiger partial charge >= 0.3 is 5.97 Å². The number of hydrogen-bond donors (Lipinski definition) is 2. The van der Waals surface area contributed by atoms with Gasteiger partial charge < -0.3 is 10.4 Å². The Hall–Kier alpha value is -1.15. The monoisotopic (exact) mass is 304 g/mol. The van der Waals surface area contributed by atoms with E-state index in [1.165, 1.54) is 4.31 Å². The lowest BCUT2D eigenvalue weighted by molar-refractivity contribution is -0.140. The van der Waals surface area contributed by atoms with Gasteiger partial charge in [0, 0.05) is 19.5 Å². The first-order chi connectivity index (χ1) is 9.33. The van der Waals surface area contributed by atoms with E-state index in [4.69, 9.17) is 5.11 Å². The molecule has 0 aromatic carbocycles. The van der Waals surface area contributed by atoms with Crippen LogP contribution in [-0.4, -0.2) is 54.1 Å². The first-order valence-corrected chi connectivity index (χ1v) is 8.45. The molecule has 0 aromatic heterocycles. The van der Waals surface area contributed by atoms with Crippen LogP contribution in [0.1, 0.15) is 38.5 Å². The lowest BCUT2D eigenvalue weighted by Gasteiger charge is -2.41. The summed E-state index contributed by atoms with van der Waals surface area (Å²) in [6, 6.07) is 0. The van der Waals surface area contributed by atoms with Crippen molar-refractivity contribution in [3.63, 3.8) is 0 Å². The van der Waals surface area contributed by atoms with Gasteiger partial charge in [0.05, 0.1) is 17.7 Å². The van der Waals surface area contributed by atoms with Gasteiger partial charge in [0.1, 0.15) is 0 Å². The number of carboxylic acids is 1. The van der Waals surface area contributed by atoms with Gasteiger partial charge in [-0.1, -0.05) is 0 Å². The fraction of sp³-hybridized carbons (Fsp3) is 0.833. The number of carbonyl (C=O) groups excluding carboxylic acids is 1. The minimum Gasteiger partial charge on any atom is -0.481 e. The van der Waals surface area contributed by atoms with Gasteiger partial charge in [-0.05, 0) is 25.7 Å². The Kier molecular flexibility index (Phi) is 4.33. The van der Waals surface area contributed by atoms with Crippen LogP contribution in [0.3, 0.4) is 0 Å². The quantitative estimate of drug-likeness (QED) is 0.714. The van der Waals surface area contributed by atoms with Crippen LogP contribution in [0.5, 0.6) is 0 Å². The first-order valence-electron chi connectivity index (χ1n) is 6.84. The second-order valence-corrected chi connectivity index (χ2v) is 7.66. The van der Waals surface area contributed by atoms with E-state index in [0.29, 0.717) is 25.8 Å². The third-order valence-corrected chi connectivity index (χ3v) is 5.95. The summed E-state index contributed by atoms with van der Waals surface area (Å²) < 4.78 is 24.5. The SMILES string of the molecule is O=C(O)CC1(NC(=O)CCN2CCCS2(=O)=O)CCC1. The third kappa shape index (κ3) is 3.49. The van der Waals surface area contributed by atoms with Crippen molar-refractivity contribution in [3.8, 4) is 0 Å². The van der Waals surface area contributed by atoms with Crippen molar-refractivity contribution in [2.24, 2.45) is 0 Å². The average Bonchev–Trinajstić information content (AvgIpc) is 2.62. The van der Waals surface area contributed by atoms with Crippen LogP contribution in [0.25, 0.3) is 0 Å². The molecule has 0 aromatic rings. The highest BCUT2D eigenvalue weighted by Gasteiger charge is 2.40. The summed E-state index contributed by atoms with van der Waals surface area (Å²) in [6.07, 6.45) is 2.88. The second kappa shape index (κ2) is 5.69. The Morgan fingerprint density at radius 2 is 1.95 bits per heavy atom. The maximum atomic E-state index is 11.9. The minimum absolute atomic E-state index is 0.0687. The van der Waals surface area contributed by atoms with Crippen LogP contribution in [0.2, 0.25) is 0 Å². The molecular formula is C12H20N2O5S. The van der Waals surface area contributed by atoms with E-state index >= 15 is 0 Å². The zero-order chi connectivity index (χ0) is 14.8. The van der Waals surface area contributed by atoms with E-state index in [2.05, 4.69) is 5.32 Å². The maximum Gasteiger partial charge on any atom is 0.305 e. The van der Waals surface area contributed by atoms with E-state index in [1.54, 1.807) is 0 Å². The summed E-state index contributed by atoms with van der Waals surface area (Å²) in [5.74, 6) is -1.04. The number of rotatable bonds is 6. The summed E-state index contributed by atoms with van der Waals surface area (Å²) in [6.45, 7) is 0.646. The zero-order valence-corrected chi connectivity index (χ0v) is 12.1. The summed E-state index contributed by atoms with van der Waals surface area (Å²) in [5.41, 5.74) is -0.618. The lowest BCUT2D eigenvalue weighted by atomic mass is 9.74. The number of nitrogens with zero attached hydrogens (tertiary/aromatic N) is 1. The molecule has 0 atom stereocenters. The minimum atomic E-state index is -3.18. The zero-order valence-electron chi connectivity index (χ0n) is 11.3. The number of carbonyl (C=O) groups is 2.